The lowest BCUT2D eigenvalue weighted by molar-refractivity contribution is 0.759. The van der Waals surface area contributed by atoms with Crippen molar-refractivity contribution < 1.29 is 0 Å². The summed E-state index contributed by atoms with van der Waals surface area (Å²) in [5.74, 6) is 0.622. The van der Waals surface area contributed by atoms with Crippen LogP contribution in [0, 0.1) is 0 Å². The molecule has 1 atom stereocenters. The molecule has 0 spiro atoms. The second-order valence-corrected chi connectivity index (χ2v) is 3.72. The van der Waals surface area contributed by atoms with E-state index in [1.54, 1.807) is 0 Å². The third-order valence-electron chi connectivity index (χ3n) is 2.87. The number of aromatic nitrogens is 3. The Hall–Kier alpha value is -1.42. The summed E-state index contributed by atoms with van der Waals surface area (Å²) in [6.45, 7) is 2.19. The molecule has 1 aliphatic heterocycles. The van der Waals surface area contributed by atoms with E-state index in [9.17, 15) is 0 Å². The Morgan fingerprint density at radius 2 is 2.50 bits per heavy atom. The van der Waals surface area contributed by atoms with Crippen LogP contribution in [0.15, 0.2) is 24.5 Å². The molecule has 3 rings (SSSR count). The van der Waals surface area contributed by atoms with Gasteiger partial charge in [0.15, 0.2) is 0 Å². The lowest BCUT2D eigenvalue weighted by Crippen LogP contribution is -2.08. The van der Waals surface area contributed by atoms with E-state index in [0.717, 1.165) is 18.6 Å². The zero-order chi connectivity index (χ0) is 9.38. The van der Waals surface area contributed by atoms with Crippen LogP contribution in [-0.2, 0) is 0 Å². The number of hydrogen-bond acceptors (Lipinski definition) is 3. The molecule has 0 radical (unpaired) electrons. The van der Waals surface area contributed by atoms with E-state index >= 15 is 0 Å². The first kappa shape index (κ1) is 7.94. The van der Waals surface area contributed by atoms with Gasteiger partial charge >= 0.3 is 0 Å². The highest BCUT2D eigenvalue weighted by Crippen LogP contribution is 2.25. The molecule has 1 aliphatic rings. The van der Waals surface area contributed by atoms with Crippen molar-refractivity contribution in [3.05, 3.63) is 30.1 Å². The van der Waals surface area contributed by atoms with Gasteiger partial charge in [0.2, 0.25) is 0 Å². The Labute approximate surface area is 81.9 Å². The Bertz CT molecular complexity index is 442. The topological polar surface area (TPSA) is 42.2 Å². The smallest absolute Gasteiger partial charge is 0.0900 e. The van der Waals surface area contributed by atoms with Crippen LogP contribution in [0.5, 0.6) is 0 Å². The fourth-order valence-electron chi connectivity index (χ4n) is 2.14. The van der Waals surface area contributed by atoms with Crippen LogP contribution in [0.25, 0.3) is 5.52 Å². The highest BCUT2D eigenvalue weighted by molar-refractivity contribution is 5.53. The molecule has 2 aromatic rings. The largest absolute Gasteiger partial charge is 0.316 e. The monoisotopic (exact) mass is 188 g/mol. The molecular weight excluding hydrogens is 176 g/mol. The Morgan fingerprint density at radius 1 is 1.50 bits per heavy atom. The minimum atomic E-state index is 0.622. The zero-order valence-electron chi connectivity index (χ0n) is 7.85. The molecule has 0 aliphatic carbocycles. The summed E-state index contributed by atoms with van der Waals surface area (Å²) in [5, 5.41) is 11.3. The summed E-state index contributed by atoms with van der Waals surface area (Å²) < 4.78 is 1.84. The summed E-state index contributed by atoms with van der Waals surface area (Å²) in [5.41, 5.74) is 2.50. The first-order valence-corrected chi connectivity index (χ1v) is 4.95. The van der Waals surface area contributed by atoms with Gasteiger partial charge in [0.1, 0.15) is 0 Å². The fourth-order valence-corrected chi connectivity index (χ4v) is 2.14. The van der Waals surface area contributed by atoms with Gasteiger partial charge in [-0.15, -0.1) is 5.10 Å². The van der Waals surface area contributed by atoms with Gasteiger partial charge in [0, 0.05) is 12.7 Å². The number of rotatable bonds is 1. The van der Waals surface area contributed by atoms with Crippen LogP contribution in [-0.4, -0.2) is 27.9 Å². The molecular formula is C10H12N4. The number of nitrogens with zero attached hydrogens (tertiary/aromatic N) is 3. The summed E-state index contributed by atoms with van der Waals surface area (Å²) in [6, 6.07) is 4.21. The highest BCUT2D eigenvalue weighted by atomic mass is 15.4. The predicted octanol–water partition coefficient (Wildman–Crippen LogP) is 0.806. The van der Waals surface area contributed by atoms with Crippen LogP contribution >= 0.6 is 0 Å². The maximum atomic E-state index is 4.00. The van der Waals surface area contributed by atoms with Crippen molar-refractivity contribution in [1.82, 2.24) is 20.1 Å². The van der Waals surface area contributed by atoms with E-state index in [0.29, 0.717) is 5.92 Å². The maximum Gasteiger partial charge on any atom is 0.0900 e. The summed E-state index contributed by atoms with van der Waals surface area (Å²) in [4.78, 5) is 0. The molecule has 0 amide bonds. The molecule has 2 aromatic heterocycles. The van der Waals surface area contributed by atoms with E-state index in [1.165, 1.54) is 12.0 Å². The van der Waals surface area contributed by atoms with Gasteiger partial charge in [-0.05, 0) is 30.5 Å². The lowest BCUT2D eigenvalue weighted by atomic mass is 9.98. The molecule has 1 fully saturated rings. The van der Waals surface area contributed by atoms with Crippen LogP contribution in [0.4, 0.5) is 0 Å². The fraction of sp³-hybridized carbons (Fsp3) is 0.400. The molecule has 1 N–H and O–H groups in total. The summed E-state index contributed by atoms with van der Waals surface area (Å²) in [6.07, 6.45) is 4.99. The maximum absolute atomic E-state index is 4.00. The molecule has 0 bridgehead atoms. The number of nitrogens with one attached hydrogen (secondary N) is 1. The number of hydrogen-bond donors (Lipinski definition) is 1. The molecule has 14 heavy (non-hydrogen) atoms. The van der Waals surface area contributed by atoms with Gasteiger partial charge in [-0.25, -0.2) is 4.52 Å². The third-order valence-corrected chi connectivity index (χ3v) is 2.87. The number of fused-ring (bicyclic) bond motifs is 1. The molecule has 1 unspecified atom stereocenters. The molecule has 0 saturated carbocycles. The first-order chi connectivity index (χ1) is 6.95. The van der Waals surface area contributed by atoms with Crippen LogP contribution in [0.2, 0.25) is 0 Å². The Kier molecular flexibility index (Phi) is 1.73. The average molecular weight is 188 g/mol. The standard InChI is InChI=1S/C10H12N4/c1-2-9(8-3-4-11-6-8)10-7-12-13-14(10)5-1/h1-2,5,7-8,11H,3-4,6H2. The van der Waals surface area contributed by atoms with E-state index in [1.807, 2.05) is 23.0 Å². The van der Waals surface area contributed by atoms with E-state index in [-0.39, 0.29) is 0 Å². The molecule has 4 nitrogen and oxygen atoms in total. The normalized spacial score (nSPS) is 21.9. The van der Waals surface area contributed by atoms with Gasteiger partial charge < -0.3 is 5.32 Å². The van der Waals surface area contributed by atoms with Crippen LogP contribution in [0.1, 0.15) is 17.9 Å². The van der Waals surface area contributed by atoms with Crippen molar-refractivity contribution in [3.63, 3.8) is 0 Å². The van der Waals surface area contributed by atoms with Gasteiger partial charge in [-0.3, -0.25) is 0 Å². The summed E-state index contributed by atoms with van der Waals surface area (Å²) in [7, 11) is 0. The lowest BCUT2D eigenvalue weighted by Gasteiger charge is -2.09. The number of pyridine rings is 1. The second-order valence-electron chi connectivity index (χ2n) is 3.72. The average Bonchev–Trinajstić information content (AvgIpc) is 2.88. The van der Waals surface area contributed by atoms with Crippen molar-refractivity contribution in [2.24, 2.45) is 0 Å². The van der Waals surface area contributed by atoms with Crippen molar-refractivity contribution >= 4 is 5.52 Å². The van der Waals surface area contributed by atoms with E-state index in [4.69, 9.17) is 0 Å². The molecule has 3 heterocycles. The van der Waals surface area contributed by atoms with Gasteiger partial charge in [-0.1, -0.05) is 11.3 Å². The zero-order valence-corrected chi connectivity index (χ0v) is 7.85. The molecule has 0 aromatic carbocycles. The minimum Gasteiger partial charge on any atom is -0.316 e. The predicted molar refractivity (Wildman–Crippen MR) is 53.2 cm³/mol. The van der Waals surface area contributed by atoms with E-state index in [2.05, 4.69) is 21.7 Å². The van der Waals surface area contributed by atoms with Gasteiger partial charge in [0.05, 0.1) is 11.7 Å². The van der Waals surface area contributed by atoms with E-state index < -0.39 is 0 Å². The summed E-state index contributed by atoms with van der Waals surface area (Å²) >= 11 is 0. The first-order valence-electron chi connectivity index (χ1n) is 4.95. The van der Waals surface area contributed by atoms with Crippen LogP contribution in [0.3, 0.4) is 0 Å². The molecule has 72 valence electrons. The van der Waals surface area contributed by atoms with Crippen molar-refractivity contribution in [3.8, 4) is 0 Å². The Balaban J connectivity index is 2.14. The molecule has 1 saturated heterocycles. The van der Waals surface area contributed by atoms with Crippen molar-refractivity contribution in [2.45, 2.75) is 12.3 Å². The minimum absolute atomic E-state index is 0.622. The van der Waals surface area contributed by atoms with Crippen LogP contribution < -0.4 is 5.32 Å². The Morgan fingerprint density at radius 3 is 3.36 bits per heavy atom. The van der Waals surface area contributed by atoms with Crippen molar-refractivity contribution in [2.75, 3.05) is 13.1 Å². The molecule has 4 heteroatoms. The SMILES string of the molecule is c1cc(C2CCNC2)c2cnnn2c1. The third kappa shape index (κ3) is 1.11. The van der Waals surface area contributed by atoms with Gasteiger partial charge in [0.25, 0.3) is 0 Å². The van der Waals surface area contributed by atoms with Crippen molar-refractivity contribution in [1.29, 1.82) is 0 Å². The van der Waals surface area contributed by atoms with Gasteiger partial charge in [-0.2, -0.15) is 0 Å². The highest BCUT2D eigenvalue weighted by Gasteiger charge is 2.18. The second kappa shape index (κ2) is 3.06. The quantitative estimate of drug-likeness (QED) is 0.720.